The molecule has 1 fully saturated rings. The van der Waals surface area contributed by atoms with Crippen molar-refractivity contribution >= 4 is 35.2 Å². The average molecular weight is 460 g/mol. The van der Waals surface area contributed by atoms with Crippen LogP contribution in [0.4, 0.5) is 10.1 Å². The van der Waals surface area contributed by atoms with E-state index in [0.717, 1.165) is 18.4 Å². The number of halogens is 1. The van der Waals surface area contributed by atoms with Crippen molar-refractivity contribution in [2.75, 3.05) is 30.0 Å². The van der Waals surface area contributed by atoms with E-state index >= 15 is 0 Å². The topological polar surface area (TPSA) is 96.5 Å². The smallest absolute Gasteiger partial charge is 0.258 e. The zero-order valence-corrected chi connectivity index (χ0v) is 18.4. The van der Waals surface area contributed by atoms with Crippen LogP contribution in [0.25, 0.3) is 0 Å². The van der Waals surface area contributed by atoms with Gasteiger partial charge in [0.25, 0.3) is 5.91 Å². The second-order valence-electron chi connectivity index (χ2n) is 7.42. The van der Waals surface area contributed by atoms with E-state index in [1.807, 2.05) is 12.1 Å². The molecule has 0 bridgehead atoms. The van der Waals surface area contributed by atoms with Gasteiger partial charge in [-0.2, -0.15) is 0 Å². The van der Waals surface area contributed by atoms with Gasteiger partial charge in [-0.15, -0.1) is 11.8 Å². The maximum Gasteiger partial charge on any atom is 0.258 e. The third kappa shape index (κ3) is 8.97. The number of carbonyl (C=O) groups excluding carboxylic acids is 3. The van der Waals surface area contributed by atoms with Crippen molar-refractivity contribution in [3.8, 4) is 5.75 Å². The first-order chi connectivity index (χ1) is 15.5. The number of hydrogen-bond donors (Lipinski definition) is 3. The minimum absolute atomic E-state index is 0.00545. The number of nitrogens with one attached hydrogen (secondary N) is 3. The fraction of sp³-hybridized carbons (Fsp3) is 0.348. The van der Waals surface area contributed by atoms with Crippen molar-refractivity contribution < 1.29 is 23.5 Å². The zero-order chi connectivity index (χ0) is 22.8. The third-order valence-corrected chi connectivity index (χ3v) is 5.50. The Hall–Kier alpha value is -3.07. The summed E-state index contributed by atoms with van der Waals surface area (Å²) in [5.41, 5.74) is 1.55. The number of thioether (sulfide) groups is 1. The Bertz CT molecular complexity index is 918. The highest BCUT2D eigenvalue weighted by molar-refractivity contribution is 8.00. The highest BCUT2D eigenvalue weighted by Gasteiger charge is 2.23. The molecule has 7 nitrogen and oxygen atoms in total. The van der Waals surface area contributed by atoms with Crippen LogP contribution in [0.3, 0.4) is 0 Å². The van der Waals surface area contributed by atoms with E-state index in [4.69, 9.17) is 4.74 Å². The molecule has 9 heteroatoms. The Morgan fingerprint density at radius 3 is 2.31 bits per heavy atom. The minimum Gasteiger partial charge on any atom is -0.484 e. The van der Waals surface area contributed by atoms with Crippen molar-refractivity contribution in [2.24, 2.45) is 0 Å². The lowest BCUT2D eigenvalue weighted by Gasteiger charge is -2.08. The molecule has 0 atom stereocenters. The van der Waals surface area contributed by atoms with Gasteiger partial charge in [0.2, 0.25) is 11.8 Å². The highest BCUT2D eigenvalue weighted by atomic mass is 32.2. The molecule has 0 aromatic heterocycles. The number of anilines is 1. The molecule has 170 valence electrons. The fourth-order valence-electron chi connectivity index (χ4n) is 2.76. The normalized spacial score (nSPS) is 12.7. The lowest BCUT2D eigenvalue weighted by Crippen LogP contribution is -2.30. The molecule has 1 aliphatic rings. The number of amides is 3. The molecule has 0 heterocycles. The van der Waals surface area contributed by atoms with E-state index in [1.54, 1.807) is 12.1 Å². The maximum atomic E-state index is 12.9. The van der Waals surface area contributed by atoms with Gasteiger partial charge in [0.05, 0.1) is 11.5 Å². The number of hydrogen-bond acceptors (Lipinski definition) is 5. The molecule has 1 saturated carbocycles. The number of ether oxygens (including phenoxy) is 1. The Labute approximate surface area is 190 Å². The third-order valence-electron chi connectivity index (χ3n) is 4.57. The van der Waals surface area contributed by atoms with Gasteiger partial charge in [0, 0.05) is 18.3 Å². The van der Waals surface area contributed by atoms with E-state index in [0.29, 0.717) is 30.4 Å². The van der Waals surface area contributed by atoms with Crippen molar-refractivity contribution in [1.29, 1.82) is 0 Å². The molecule has 0 radical (unpaired) electrons. The van der Waals surface area contributed by atoms with Crippen LogP contribution in [0, 0.1) is 5.82 Å². The van der Waals surface area contributed by atoms with Crippen molar-refractivity contribution in [3.05, 3.63) is 59.9 Å². The van der Waals surface area contributed by atoms with Crippen LogP contribution in [0.1, 0.15) is 18.4 Å². The van der Waals surface area contributed by atoms with Gasteiger partial charge in [0.15, 0.2) is 6.61 Å². The standard InChI is InChI=1S/C23H26FN3O4S/c24-17-3-5-18(6-4-17)27-23(30)15-32-14-22(29)25-12-11-16-1-9-20(10-2-16)31-13-21(28)26-19-7-8-19/h1-6,9-10,19H,7-8,11-15H2,(H,25,29)(H,26,28)(H,27,30). The predicted octanol–water partition coefficient (Wildman–Crippen LogP) is 2.51. The zero-order valence-electron chi connectivity index (χ0n) is 17.6. The van der Waals surface area contributed by atoms with Gasteiger partial charge in [-0.05, 0) is 61.2 Å². The first-order valence-corrected chi connectivity index (χ1v) is 11.5. The summed E-state index contributed by atoms with van der Waals surface area (Å²) < 4.78 is 18.3. The summed E-state index contributed by atoms with van der Waals surface area (Å²) in [5.74, 6) is 0.0564. The summed E-state index contributed by atoms with van der Waals surface area (Å²) in [7, 11) is 0. The van der Waals surface area contributed by atoms with Crippen molar-refractivity contribution in [2.45, 2.75) is 25.3 Å². The van der Waals surface area contributed by atoms with Crippen LogP contribution in [-0.2, 0) is 20.8 Å². The molecule has 3 N–H and O–H groups in total. The maximum absolute atomic E-state index is 12.9. The average Bonchev–Trinajstić information content (AvgIpc) is 3.59. The Kier molecular flexibility index (Phi) is 8.91. The summed E-state index contributed by atoms with van der Waals surface area (Å²) in [6.45, 7) is 0.483. The van der Waals surface area contributed by atoms with E-state index in [2.05, 4.69) is 16.0 Å². The molecule has 3 rings (SSSR count). The van der Waals surface area contributed by atoms with E-state index < -0.39 is 0 Å². The second-order valence-corrected chi connectivity index (χ2v) is 8.41. The summed E-state index contributed by atoms with van der Waals surface area (Å²) in [5, 5.41) is 8.34. The Morgan fingerprint density at radius 2 is 1.62 bits per heavy atom. The molecule has 0 aliphatic heterocycles. The molecule has 0 spiro atoms. The minimum atomic E-state index is -0.369. The summed E-state index contributed by atoms with van der Waals surface area (Å²) in [6, 6.07) is 13.2. The number of rotatable bonds is 12. The first kappa shape index (κ1) is 23.6. The highest BCUT2D eigenvalue weighted by Crippen LogP contribution is 2.18. The van der Waals surface area contributed by atoms with Gasteiger partial charge in [-0.3, -0.25) is 14.4 Å². The molecule has 32 heavy (non-hydrogen) atoms. The molecule has 3 amide bonds. The summed E-state index contributed by atoms with van der Waals surface area (Å²) in [6.07, 6.45) is 2.74. The number of benzene rings is 2. The lowest BCUT2D eigenvalue weighted by atomic mass is 10.1. The van der Waals surface area contributed by atoms with Crippen LogP contribution in [0.2, 0.25) is 0 Å². The monoisotopic (exact) mass is 459 g/mol. The molecule has 1 aliphatic carbocycles. The molecular formula is C23H26FN3O4S. The second kappa shape index (κ2) is 12.1. The van der Waals surface area contributed by atoms with Crippen LogP contribution in [-0.4, -0.2) is 48.4 Å². The molecule has 0 unspecified atom stereocenters. The van der Waals surface area contributed by atoms with Gasteiger partial charge in [-0.1, -0.05) is 12.1 Å². The first-order valence-electron chi connectivity index (χ1n) is 10.4. The van der Waals surface area contributed by atoms with Crippen LogP contribution >= 0.6 is 11.8 Å². The SMILES string of the molecule is O=C(CSCC(=O)Nc1ccc(F)cc1)NCCc1ccc(OCC(=O)NC2CC2)cc1. The van der Waals surface area contributed by atoms with Crippen molar-refractivity contribution in [3.63, 3.8) is 0 Å². The molecule has 0 saturated heterocycles. The van der Waals surface area contributed by atoms with Gasteiger partial charge < -0.3 is 20.7 Å². The summed E-state index contributed by atoms with van der Waals surface area (Å²) in [4.78, 5) is 35.4. The number of carbonyl (C=O) groups is 3. The van der Waals surface area contributed by atoms with Crippen LogP contribution < -0.4 is 20.7 Å². The van der Waals surface area contributed by atoms with Crippen molar-refractivity contribution in [1.82, 2.24) is 10.6 Å². The van der Waals surface area contributed by atoms with Crippen LogP contribution in [0.15, 0.2) is 48.5 Å². The predicted molar refractivity (Wildman–Crippen MR) is 122 cm³/mol. The molecule has 2 aromatic carbocycles. The Balaban J connectivity index is 1.25. The molecular weight excluding hydrogens is 433 g/mol. The van der Waals surface area contributed by atoms with E-state index in [-0.39, 0.29) is 41.7 Å². The van der Waals surface area contributed by atoms with Gasteiger partial charge >= 0.3 is 0 Å². The lowest BCUT2D eigenvalue weighted by molar-refractivity contribution is -0.123. The Morgan fingerprint density at radius 1 is 0.938 bits per heavy atom. The quantitative estimate of drug-likeness (QED) is 0.453. The van der Waals surface area contributed by atoms with E-state index in [9.17, 15) is 18.8 Å². The largest absolute Gasteiger partial charge is 0.484 e. The molecule has 2 aromatic rings. The summed E-state index contributed by atoms with van der Waals surface area (Å²) >= 11 is 1.21. The van der Waals surface area contributed by atoms with Gasteiger partial charge in [-0.25, -0.2) is 4.39 Å². The van der Waals surface area contributed by atoms with Crippen LogP contribution in [0.5, 0.6) is 5.75 Å². The van der Waals surface area contributed by atoms with E-state index in [1.165, 1.54) is 36.0 Å². The van der Waals surface area contributed by atoms with Gasteiger partial charge in [0.1, 0.15) is 11.6 Å². The fourth-order valence-corrected chi connectivity index (χ4v) is 3.41.